The van der Waals surface area contributed by atoms with Gasteiger partial charge >= 0.3 is 0 Å². The Kier molecular flexibility index (Phi) is 6.44. The molecule has 2 N–H and O–H groups in total. The lowest BCUT2D eigenvalue weighted by atomic mass is 10.2. The van der Waals surface area contributed by atoms with Gasteiger partial charge in [-0.2, -0.15) is 15.3 Å². The number of thioether (sulfide) groups is 1. The molecule has 7 nitrogen and oxygen atoms in total. The van der Waals surface area contributed by atoms with Gasteiger partial charge in [0, 0.05) is 18.8 Å². The predicted octanol–water partition coefficient (Wildman–Crippen LogP) is 2.71. The van der Waals surface area contributed by atoms with Gasteiger partial charge < -0.3 is 4.90 Å². The number of rotatable bonds is 8. The molecule has 0 atom stereocenters. The van der Waals surface area contributed by atoms with E-state index in [-0.39, 0.29) is 0 Å². The molecule has 8 heteroatoms. The molecule has 0 fully saturated rings. The Balaban J connectivity index is 1.90. The Morgan fingerprint density at radius 1 is 1.35 bits per heavy atom. The van der Waals surface area contributed by atoms with Crippen LogP contribution in [0.15, 0.2) is 34.5 Å². The van der Waals surface area contributed by atoms with Gasteiger partial charge in [-0.25, -0.2) is 10.5 Å². The van der Waals surface area contributed by atoms with Gasteiger partial charge in [-0.05, 0) is 31.5 Å². The van der Waals surface area contributed by atoms with E-state index in [0.29, 0.717) is 16.9 Å². The lowest BCUT2D eigenvalue weighted by Gasteiger charge is -2.20. The topological polar surface area (TPSA) is 93.0 Å². The van der Waals surface area contributed by atoms with E-state index in [1.807, 2.05) is 18.2 Å². The van der Waals surface area contributed by atoms with Gasteiger partial charge in [-0.15, -0.1) is 5.10 Å². The third-order valence-electron chi connectivity index (χ3n) is 3.14. The number of hydrogen-bond acceptors (Lipinski definition) is 7. The van der Waals surface area contributed by atoms with Crippen LogP contribution >= 0.6 is 11.8 Å². The zero-order valence-electron chi connectivity index (χ0n) is 13.2. The second-order valence-electron chi connectivity index (χ2n) is 4.55. The van der Waals surface area contributed by atoms with Gasteiger partial charge in [0.1, 0.15) is 0 Å². The van der Waals surface area contributed by atoms with Crippen molar-refractivity contribution in [1.29, 1.82) is 5.26 Å². The highest BCUT2D eigenvalue weighted by molar-refractivity contribution is 7.99. The number of nitrogens with one attached hydrogen (secondary N) is 2. The van der Waals surface area contributed by atoms with Gasteiger partial charge in [0.2, 0.25) is 11.1 Å². The molecule has 1 aromatic heterocycles. The van der Waals surface area contributed by atoms with Crippen LogP contribution in [0.2, 0.25) is 0 Å². The fourth-order valence-electron chi connectivity index (χ4n) is 1.99. The number of H-pyrrole nitrogens is 1. The summed E-state index contributed by atoms with van der Waals surface area (Å²) >= 11 is 1.27. The molecule has 2 aromatic rings. The summed E-state index contributed by atoms with van der Waals surface area (Å²) in [5.74, 6) is 0.765. The van der Waals surface area contributed by atoms with Crippen molar-refractivity contribution in [2.75, 3.05) is 29.2 Å². The van der Waals surface area contributed by atoms with Gasteiger partial charge in [0.05, 0.1) is 18.0 Å². The number of anilines is 2. The number of nitrogens with zero attached hydrogens (tertiary/aromatic N) is 5. The van der Waals surface area contributed by atoms with Crippen LogP contribution in [-0.4, -0.2) is 40.2 Å². The first-order chi connectivity index (χ1) is 11.3. The molecule has 0 aliphatic rings. The van der Waals surface area contributed by atoms with Crippen LogP contribution in [0.5, 0.6) is 0 Å². The second-order valence-corrected chi connectivity index (χ2v) is 5.49. The summed E-state index contributed by atoms with van der Waals surface area (Å²) < 4.78 is 0. The van der Waals surface area contributed by atoms with Gasteiger partial charge in [0.25, 0.3) is 0 Å². The molecule has 23 heavy (non-hydrogen) atoms. The summed E-state index contributed by atoms with van der Waals surface area (Å²) in [6.45, 7) is 6.26. The standard InChI is InChI=1S/C15H19N7S/c1-3-22(4-2)13-7-5-12(6-8-13)11-17-19-14-18-15(21-20-14)23-10-9-16/h5-8,11H,3-4,10H2,1-2H3,(H2,18,19,20,21)/b17-11+. The van der Waals surface area contributed by atoms with E-state index in [4.69, 9.17) is 5.26 Å². The fourth-order valence-corrected chi connectivity index (χ4v) is 2.45. The van der Waals surface area contributed by atoms with Gasteiger partial charge in [0.15, 0.2) is 0 Å². The van der Waals surface area contributed by atoms with Crippen LogP contribution in [0.3, 0.4) is 0 Å². The minimum Gasteiger partial charge on any atom is -0.372 e. The van der Waals surface area contributed by atoms with Crippen molar-refractivity contribution in [3.63, 3.8) is 0 Å². The lowest BCUT2D eigenvalue weighted by Crippen LogP contribution is -2.21. The summed E-state index contributed by atoms with van der Waals surface area (Å²) in [6.07, 6.45) is 1.72. The Labute approximate surface area is 139 Å². The number of benzene rings is 1. The first-order valence-corrected chi connectivity index (χ1v) is 8.31. The molecule has 0 aliphatic carbocycles. The van der Waals surface area contributed by atoms with Crippen molar-refractivity contribution in [3.8, 4) is 6.07 Å². The van der Waals surface area contributed by atoms with E-state index in [0.717, 1.165) is 18.7 Å². The highest BCUT2D eigenvalue weighted by Gasteiger charge is 2.02. The molecular weight excluding hydrogens is 310 g/mol. The van der Waals surface area contributed by atoms with Crippen molar-refractivity contribution in [3.05, 3.63) is 29.8 Å². The molecule has 0 saturated carbocycles. The zero-order chi connectivity index (χ0) is 16.5. The average molecular weight is 329 g/mol. The third-order valence-corrected chi connectivity index (χ3v) is 3.85. The smallest absolute Gasteiger partial charge is 0.240 e. The van der Waals surface area contributed by atoms with Crippen molar-refractivity contribution in [1.82, 2.24) is 15.2 Å². The maximum absolute atomic E-state index is 8.51. The van der Waals surface area contributed by atoms with E-state index < -0.39 is 0 Å². The molecule has 0 amide bonds. The Hall–Kier alpha value is -2.53. The fraction of sp³-hybridized carbons (Fsp3) is 0.333. The minimum atomic E-state index is 0.319. The quantitative estimate of drug-likeness (QED) is 0.439. The number of aromatic nitrogens is 3. The van der Waals surface area contributed by atoms with Crippen LogP contribution in [0.25, 0.3) is 0 Å². The number of hydrogen-bond donors (Lipinski definition) is 2. The number of aromatic amines is 1. The first kappa shape index (κ1) is 16.8. The monoisotopic (exact) mass is 329 g/mol. The van der Waals surface area contributed by atoms with Gasteiger partial charge in [-0.3, -0.25) is 0 Å². The molecule has 2 rings (SSSR count). The van der Waals surface area contributed by atoms with Gasteiger partial charge in [-0.1, -0.05) is 23.9 Å². The Bertz CT molecular complexity index is 668. The highest BCUT2D eigenvalue weighted by Crippen LogP contribution is 2.14. The third kappa shape index (κ3) is 5.00. The van der Waals surface area contributed by atoms with Crippen LogP contribution < -0.4 is 10.3 Å². The van der Waals surface area contributed by atoms with Crippen molar-refractivity contribution < 1.29 is 0 Å². The molecule has 1 aromatic carbocycles. The molecule has 120 valence electrons. The Morgan fingerprint density at radius 2 is 2.09 bits per heavy atom. The minimum absolute atomic E-state index is 0.319. The van der Waals surface area contributed by atoms with E-state index in [1.54, 1.807) is 6.21 Å². The van der Waals surface area contributed by atoms with Crippen molar-refractivity contribution in [2.24, 2.45) is 5.10 Å². The number of nitriles is 1. The molecular formula is C15H19N7S. The second kappa shape index (κ2) is 8.80. The van der Waals surface area contributed by atoms with Crippen LogP contribution in [0.4, 0.5) is 11.6 Å². The molecule has 1 heterocycles. The first-order valence-electron chi connectivity index (χ1n) is 7.33. The maximum Gasteiger partial charge on any atom is 0.240 e. The molecule has 0 aliphatic heterocycles. The van der Waals surface area contributed by atoms with E-state index in [1.165, 1.54) is 17.4 Å². The van der Waals surface area contributed by atoms with E-state index >= 15 is 0 Å². The van der Waals surface area contributed by atoms with E-state index in [9.17, 15) is 0 Å². The van der Waals surface area contributed by atoms with Crippen LogP contribution in [-0.2, 0) is 0 Å². The van der Waals surface area contributed by atoms with Crippen molar-refractivity contribution >= 4 is 29.6 Å². The van der Waals surface area contributed by atoms with E-state index in [2.05, 4.69) is 56.6 Å². The predicted molar refractivity (Wildman–Crippen MR) is 93.9 cm³/mol. The van der Waals surface area contributed by atoms with Crippen molar-refractivity contribution in [2.45, 2.75) is 19.0 Å². The maximum atomic E-state index is 8.51. The number of hydrazone groups is 1. The average Bonchev–Trinajstić information content (AvgIpc) is 3.03. The SMILES string of the molecule is CCN(CC)c1ccc(/C=N/Nc2nc(SCC#N)n[nH]2)cc1. The normalized spacial score (nSPS) is 10.7. The highest BCUT2D eigenvalue weighted by atomic mass is 32.2. The molecule has 0 spiro atoms. The molecule has 0 unspecified atom stereocenters. The molecule has 0 saturated heterocycles. The summed E-state index contributed by atoms with van der Waals surface area (Å²) in [4.78, 5) is 6.44. The Morgan fingerprint density at radius 3 is 2.74 bits per heavy atom. The molecule has 0 bridgehead atoms. The summed E-state index contributed by atoms with van der Waals surface area (Å²) in [5.41, 5.74) is 4.98. The lowest BCUT2D eigenvalue weighted by molar-refractivity contribution is 0.866. The molecule has 0 radical (unpaired) electrons. The summed E-state index contributed by atoms with van der Waals surface area (Å²) in [6, 6.07) is 10.2. The van der Waals surface area contributed by atoms with Crippen LogP contribution in [0.1, 0.15) is 19.4 Å². The zero-order valence-corrected chi connectivity index (χ0v) is 14.0. The summed E-state index contributed by atoms with van der Waals surface area (Å²) in [5, 5.41) is 19.8. The summed E-state index contributed by atoms with van der Waals surface area (Å²) in [7, 11) is 0. The largest absolute Gasteiger partial charge is 0.372 e. The van der Waals surface area contributed by atoms with Crippen LogP contribution in [0, 0.1) is 11.3 Å².